The van der Waals surface area contributed by atoms with Crippen LogP contribution in [0.1, 0.15) is 28.4 Å². The molecule has 0 aliphatic carbocycles. The number of hydrogen-bond acceptors (Lipinski definition) is 2. The second kappa shape index (κ2) is 6.24. The molecule has 104 valence electrons. The van der Waals surface area contributed by atoms with Crippen LogP contribution in [0.3, 0.4) is 0 Å². The second-order valence-corrected chi connectivity index (χ2v) is 4.80. The quantitative estimate of drug-likeness (QED) is 0.884. The number of carbonyl (C=O) groups is 1. The van der Waals surface area contributed by atoms with E-state index in [9.17, 15) is 4.79 Å². The molecule has 0 spiro atoms. The lowest BCUT2D eigenvalue weighted by atomic mass is 10.1. The van der Waals surface area contributed by atoms with Crippen LogP contribution in [0.5, 0.6) is 0 Å². The molecular formula is C17H20N2O. The molecule has 0 fully saturated rings. The van der Waals surface area contributed by atoms with Gasteiger partial charge in [-0.3, -0.25) is 4.79 Å². The van der Waals surface area contributed by atoms with Gasteiger partial charge in [0, 0.05) is 18.4 Å². The van der Waals surface area contributed by atoms with Gasteiger partial charge in [0.2, 0.25) is 0 Å². The molecule has 0 unspecified atom stereocenters. The number of anilines is 2. The Morgan fingerprint density at radius 3 is 2.40 bits per heavy atom. The monoisotopic (exact) mass is 268 g/mol. The molecule has 0 saturated heterocycles. The van der Waals surface area contributed by atoms with Crippen LogP contribution in [-0.4, -0.2) is 13.0 Å². The van der Waals surface area contributed by atoms with Gasteiger partial charge in [-0.2, -0.15) is 0 Å². The van der Waals surface area contributed by atoms with Gasteiger partial charge in [0.1, 0.15) is 0 Å². The van der Waals surface area contributed by atoms with E-state index >= 15 is 0 Å². The Morgan fingerprint density at radius 2 is 1.80 bits per heavy atom. The van der Waals surface area contributed by atoms with Gasteiger partial charge in [-0.05, 0) is 43.2 Å². The third-order valence-electron chi connectivity index (χ3n) is 3.31. The van der Waals surface area contributed by atoms with Gasteiger partial charge in [0.05, 0.1) is 5.56 Å². The summed E-state index contributed by atoms with van der Waals surface area (Å²) in [7, 11) is 1.82. The summed E-state index contributed by atoms with van der Waals surface area (Å²) >= 11 is 0. The molecule has 20 heavy (non-hydrogen) atoms. The lowest BCUT2D eigenvalue weighted by Crippen LogP contribution is -2.14. The zero-order chi connectivity index (χ0) is 14.5. The van der Waals surface area contributed by atoms with Crippen molar-refractivity contribution >= 4 is 17.3 Å². The van der Waals surface area contributed by atoms with E-state index in [4.69, 9.17) is 0 Å². The van der Waals surface area contributed by atoms with E-state index in [1.54, 1.807) is 0 Å². The molecule has 0 aliphatic rings. The van der Waals surface area contributed by atoms with Gasteiger partial charge in [-0.15, -0.1) is 0 Å². The average Bonchev–Trinajstić information content (AvgIpc) is 2.48. The minimum absolute atomic E-state index is 0.0951. The van der Waals surface area contributed by atoms with Crippen LogP contribution in [0.4, 0.5) is 11.4 Å². The van der Waals surface area contributed by atoms with E-state index in [-0.39, 0.29) is 5.91 Å². The first-order chi connectivity index (χ1) is 9.63. The van der Waals surface area contributed by atoms with Crippen molar-refractivity contribution in [3.8, 4) is 0 Å². The van der Waals surface area contributed by atoms with Crippen LogP contribution in [-0.2, 0) is 6.42 Å². The highest BCUT2D eigenvalue weighted by atomic mass is 16.1. The van der Waals surface area contributed by atoms with Crippen molar-refractivity contribution in [2.75, 3.05) is 17.7 Å². The maximum atomic E-state index is 12.3. The molecule has 0 aliphatic heterocycles. The van der Waals surface area contributed by atoms with Crippen LogP contribution >= 0.6 is 0 Å². The van der Waals surface area contributed by atoms with Crippen molar-refractivity contribution in [2.24, 2.45) is 0 Å². The van der Waals surface area contributed by atoms with Crippen LogP contribution in [0.15, 0.2) is 42.5 Å². The number of hydrogen-bond donors (Lipinski definition) is 2. The maximum absolute atomic E-state index is 12.3. The number of nitrogens with one attached hydrogen (secondary N) is 2. The summed E-state index contributed by atoms with van der Waals surface area (Å²) in [6.07, 6.45) is 0.996. The highest BCUT2D eigenvalue weighted by Crippen LogP contribution is 2.19. The molecule has 0 saturated carbocycles. The van der Waals surface area contributed by atoms with Gasteiger partial charge >= 0.3 is 0 Å². The predicted molar refractivity (Wildman–Crippen MR) is 84.5 cm³/mol. The van der Waals surface area contributed by atoms with Crippen LogP contribution in [0.2, 0.25) is 0 Å². The SMILES string of the molecule is CCc1ccc(NC(=O)c2cc(C)ccc2NC)cc1. The normalized spacial score (nSPS) is 10.2. The highest BCUT2D eigenvalue weighted by molar-refractivity contribution is 6.08. The Kier molecular flexibility index (Phi) is 4.41. The molecule has 0 aromatic heterocycles. The third-order valence-corrected chi connectivity index (χ3v) is 3.31. The largest absolute Gasteiger partial charge is 0.387 e. The standard InChI is InChI=1S/C17H20N2O/c1-4-13-6-8-14(9-7-13)19-17(20)15-11-12(2)5-10-16(15)18-3/h5-11,18H,4H2,1-3H3,(H,19,20). The van der Waals surface area contributed by atoms with Crippen molar-refractivity contribution in [3.05, 3.63) is 59.2 Å². The molecule has 0 atom stereocenters. The third kappa shape index (κ3) is 3.18. The Balaban J connectivity index is 2.20. The summed E-state index contributed by atoms with van der Waals surface area (Å²) in [4.78, 5) is 12.3. The summed E-state index contributed by atoms with van der Waals surface area (Å²) < 4.78 is 0. The molecule has 1 amide bonds. The fraction of sp³-hybridized carbons (Fsp3) is 0.235. The van der Waals surface area contributed by atoms with E-state index < -0.39 is 0 Å². The van der Waals surface area contributed by atoms with Gasteiger partial charge in [-0.1, -0.05) is 30.7 Å². The lowest BCUT2D eigenvalue weighted by molar-refractivity contribution is 0.102. The fourth-order valence-corrected chi connectivity index (χ4v) is 2.09. The topological polar surface area (TPSA) is 41.1 Å². The Labute approximate surface area is 120 Å². The molecule has 2 aromatic rings. The molecule has 2 N–H and O–H groups in total. The first-order valence-electron chi connectivity index (χ1n) is 6.82. The summed E-state index contributed by atoms with van der Waals surface area (Å²) in [5.41, 5.74) is 4.63. The summed E-state index contributed by atoms with van der Waals surface area (Å²) in [5, 5.41) is 5.98. The first-order valence-corrected chi connectivity index (χ1v) is 6.82. The van der Waals surface area contributed by atoms with E-state index in [2.05, 4.69) is 17.6 Å². The minimum atomic E-state index is -0.0951. The number of benzene rings is 2. The fourth-order valence-electron chi connectivity index (χ4n) is 2.09. The second-order valence-electron chi connectivity index (χ2n) is 4.80. The van der Waals surface area contributed by atoms with Gasteiger partial charge < -0.3 is 10.6 Å². The van der Waals surface area contributed by atoms with Crippen LogP contribution < -0.4 is 10.6 Å². The molecular weight excluding hydrogens is 248 g/mol. The number of rotatable bonds is 4. The Bertz CT molecular complexity index is 603. The Morgan fingerprint density at radius 1 is 1.10 bits per heavy atom. The lowest BCUT2D eigenvalue weighted by Gasteiger charge is -2.11. The van der Waals surface area contributed by atoms with Gasteiger partial charge in [-0.25, -0.2) is 0 Å². The van der Waals surface area contributed by atoms with Crippen molar-refractivity contribution in [3.63, 3.8) is 0 Å². The van der Waals surface area contributed by atoms with Crippen molar-refractivity contribution in [2.45, 2.75) is 20.3 Å². The minimum Gasteiger partial charge on any atom is -0.387 e. The van der Waals surface area contributed by atoms with Crippen molar-refractivity contribution in [1.29, 1.82) is 0 Å². The van der Waals surface area contributed by atoms with E-state index in [1.165, 1.54) is 5.56 Å². The number of carbonyl (C=O) groups excluding carboxylic acids is 1. The van der Waals surface area contributed by atoms with E-state index in [1.807, 2.05) is 56.4 Å². The molecule has 2 aromatic carbocycles. The molecule has 3 nitrogen and oxygen atoms in total. The average molecular weight is 268 g/mol. The molecule has 3 heteroatoms. The molecule has 0 radical (unpaired) electrons. The van der Waals surface area contributed by atoms with Gasteiger partial charge in [0.15, 0.2) is 0 Å². The van der Waals surface area contributed by atoms with Crippen molar-refractivity contribution in [1.82, 2.24) is 0 Å². The zero-order valence-electron chi connectivity index (χ0n) is 12.2. The predicted octanol–water partition coefficient (Wildman–Crippen LogP) is 3.85. The number of aryl methyl sites for hydroxylation is 2. The van der Waals surface area contributed by atoms with Crippen molar-refractivity contribution < 1.29 is 4.79 Å². The van der Waals surface area contributed by atoms with Crippen LogP contribution in [0, 0.1) is 6.92 Å². The summed E-state index contributed by atoms with van der Waals surface area (Å²) in [5.74, 6) is -0.0951. The first kappa shape index (κ1) is 14.1. The molecule has 0 heterocycles. The summed E-state index contributed by atoms with van der Waals surface area (Å²) in [6.45, 7) is 4.09. The summed E-state index contributed by atoms with van der Waals surface area (Å²) in [6, 6.07) is 13.7. The number of amides is 1. The van der Waals surface area contributed by atoms with E-state index in [0.29, 0.717) is 5.56 Å². The zero-order valence-corrected chi connectivity index (χ0v) is 12.2. The smallest absolute Gasteiger partial charge is 0.257 e. The maximum Gasteiger partial charge on any atom is 0.257 e. The Hall–Kier alpha value is -2.29. The van der Waals surface area contributed by atoms with Crippen LogP contribution in [0.25, 0.3) is 0 Å². The van der Waals surface area contributed by atoms with E-state index in [0.717, 1.165) is 23.4 Å². The molecule has 0 bridgehead atoms. The molecule has 2 rings (SSSR count). The van der Waals surface area contributed by atoms with Gasteiger partial charge in [0.25, 0.3) is 5.91 Å². The highest BCUT2D eigenvalue weighted by Gasteiger charge is 2.11.